The summed E-state index contributed by atoms with van der Waals surface area (Å²) in [6, 6.07) is -4.74. The molecule has 0 bridgehead atoms. The third-order valence-electron chi connectivity index (χ3n) is 9.46. The van der Waals surface area contributed by atoms with Gasteiger partial charge in [-0.3, -0.25) is 23.0 Å². The Labute approximate surface area is 369 Å². The second-order valence-corrected chi connectivity index (χ2v) is 18.6. The van der Waals surface area contributed by atoms with Crippen LogP contribution in [0, 0.1) is 0 Å². The third kappa shape index (κ3) is 14.7. The number of rotatable bonds is 19. The van der Waals surface area contributed by atoms with Crippen molar-refractivity contribution >= 4 is 59.3 Å². The molecular weight excluding hydrogens is 1010 g/mol. The maximum Gasteiger partial charge on any atom is 0.397 e. The van der Waals surface area contributed by atoms with Gasteiger partial charge in [0.25, 0.3) is 0 Å². The van der Waals surface area contributed by atoms with E-state index >= 15 is 0 Å². The summed E-state index contributed by atoms with van der Waals surface area (Å²) in [5, 5.41) is 96.8. The second kappa shape index (κ2) is 21.5. The van der Waals surface area contributed by atoms with Gasteiger partial charge in [0.15, 0.2) is 37.4 Å². The maximum atomic E-state index is 12.6. The summed E-state index contributed by atoms with van der Waals surface area (Å²) in [7, 11) is -22.3. The van der Waals surface area contributed by atoms with E-state index in [4.69, 9.17) is 37.7 Å². The fraction of sp³-hybridized carbons (Fsp3) is 0.885. The van der Waals surface area contributed by atoms with Crippen molar-refractivity contribution in [1.82, 2.24) is 10.0 Å². The lowest BCUT2D eigenvalue weighted by Gasteiger charge is -2.49. The van der Waals surface area contributed by atoms with Crippen LogP contribution in [0.1, 0.15) is 6.92 Å². The minimum atomic E-state index is -5.84. The maximum absolute atomic E-state index is 12.6. The van der Waals surface area contributed by atoms with Crippen LogP contribution in [0.25, 0.3) is 0 Å². The molecule has 4 rings (SSSR count). The van der Waals surface area contributed by atoms with Crippen molar-refractivity contribution in [3.8, 4) is 0 Å². The van der Waals surface area contributed by atoms with Gasteiger partial charge in [-0.05, 0) is 0 Å². The summed E-state index contributed by atoms with van der Waals surface area (Å²) in [6.45, 7) is -2.20. The fourth-order valence-corrected chi connectivity index (χ4v) is 8.45. The first kappa shape index (κ1) is 55.9. The van der Waals surface area contributed by atoms with Crippen LogP contribution in [-0.4, -0.2) is 252 Å². The Morgan fingerprint density at radius 3 is 1.45 bits per heavy atom. The van der Waals surface area contributed by atoms with Gasteiger partial charge in [0.1, 0.15) is 85.3 Å². The molecule has 0 aromatic heterocycles. The normalized spacial score (nSPS) is 40.6. The molecule has 1 amide bonds. The molecule has 40 heteroatoms. The average molecular weight is 1050 g/mol. The molecule has 0 aliphatic carbocycles. The number of carbonyl (C=O) groups excluding carboxylic acids is 1. The van der Waals surface area contributed by atoms with E-state index in [1.807, 2.05) is 0 Å². The first-order valence-electron chi connectivity index (χ1n) is 17.8. The van der Waals surface area contributed by atoms with Gasteiger partial charge in [0.05, 0.1) is 13.2 Å². The Morgan fingerprint density at radius 1 is 0.515 bits per heavy atom. The molecule has 0 aromatic carbocycles. The molecule has 0 saturated carbocycles. The van der Waals surface area contributed by atoms with Gasteiger partial charge in [-0.15, -0.1) is 0 Å². The van der Waals surface area contributed by atoms with E-state index < -0.39 is 195 Å². The lowest BCUT2D eigenvalue weighted by Crippen LogP contribution is -2.70. The van der Waals surface area contributed by atoms with Crippen molar-refractivity contribution < 1.29 is 158 Å². The van der Waals surface area contributed by atoms with E-state index in [2.05, 4.69) is 17.9 Å². The minimum absolute atomic E-state index is 0.804. The topological polar surface area (TPSA) is 567 Å². The Morgan fingerprint density at radius 2 is 0.985 bits per heavy atom. The van der Waals surface area contributed by atoms with Gasteiger partial charge in [-0.1, -0.05) is 0 Å². The smallest absolute Gasteiger partial charge is 0.397 e. The van der Waals surface area contributed by atoms with Gasteiger partial charge >= 0.3 is 53.4 Å². The van der Waals surface area contributed by atoms with Crippen LogP contribution in [0.15, 0.2) is 0 Å². The second-order valence-electron chi connectivity index (χ2n) is 14.1. The highest BCUT2D eigenvalue weighted by molar-refractivity contribution is 7.83. The van der Waals surface area contributed by atoms with Crippen molar-refractivity contribution in [3.05, 3.63) is 0 Å². The molecule has 20 atom stereocenters. The predicted octanol–water partition coefficient (Wildman–Crippen LogP) is -10.5. The lowest BCUT2D eigenvalue weighted by molar-refractivity contribution is -0.369. The number of carbonyl (C=O) groups is 3. The van der Waals surface area contributed by atoms with E-state index in [0.29, 0.717) is 0 Å². The number of aliphatic hydroxyl groups is 7. The SMILES string of the molecule is CC(=O)N[C@H]1[C@@H](O[C@H]2[C@H](O)[C@@H](O)[C@H](O[C@H]3[C@H](OS(=O)(=O)O)[C@@H](NS(=O)(=O)O)C(O)O[C@@H]3COS(=O)(=O)O)O[C@@H]2C(=O)O)O[C@H](COS(=O)(=O)O)[C@@H](O[C@@H]2O[C@@H](C(=O)O)[C@@H](O)[C@H](O)[C@@H]2O)[C@@H]1O. The zero-order valence-electron chi connectivity index (χ0n) is 32.5. The van der Waals surface area contributed by atoms with Crippen molar-refractivity contribution in [2.75, 3.05) is 13.2 Å². The summed E-state index contributed by atoms with van der Waals surface area (Å²) in [5.41, 5.74) is 0. The van der Waals surface area contributed by atoms with Crippen molar-refractivity contribution in [3.63, 3.8) is 0 Å². The van der Waals surface area contributed by atoms with Crippen LogP contribution in [0.4, 0.5) is 0 Å². The van der Waals surface area contributed by atoms with E-state index in [9.17, 15) is 108 Å². The third-order valence-corrected chi connectivity index (χ3v) is 11.4. The van der Waals surface area contributed by atoms with Crippen LogP contribution in [0.2, 0.25) is 0 Å². The zero-order chi connectivity index (χ0) is 50.2. The quantitative estimate of drug-likeness (QED) is 0.0534. The monoisotopic (exact) mass is 1050 g/mol. The molecule has 66 heavy (non-hydrogen) atoms. The molecule has 0 spiro atoms. The molecule has 4 saturated heterocycles. The Kier molecular flexibility index (Phi) is 18.3. The van der Waals surface area contributed by atoms with Gasteiger partial charge in [-0.25, -0.2) is 22.1 Å². The molecule has 4 heterocycles. The van der Waals surface area contributed by atoms with E-state index in [0.717, 1.165) is 6.92 Å². The number of hydrogen-bond donors (Lipinski definition) is 15. The summed E-state index contributed by atoms with van der Waals surface area (Å²) in [6.07, 6.45) is -44.9. The molecule has 4 fully saturated rings. The first-order valence-corrected chi connectivity index (χ1v) is 23.3. The lowest BCUT2D eigenvalue weighted by atomic mass is 9.94. The van der Waals surface area contributed by atoms with E-state index in [1.165, 1.54) is 4.72 Å². The number of nitrogens with one attached hydrogen (secondary N) is 2. The van der Waals surface area contributed by atoms with Crippen molar-refractivity contribution in [2.45, 2.75) is 130 Å². The largest absolute Gasteiger partial charge is 0.479 e. The van der Waals surface area contributed by atoms with Gasteiger partial charge in [-0.2, -0.15) is 38.4 Å². The van der Waals surface area contributed by atoms with E-state index in [1.54, 1.807) is 0 Å². The zero-order valence-corrected chi connectivity index (χ0v) is 35.7. The Hall–Kier alpha value is -2.67. The first-order chi connectivity index (χ1) is 30.1. The van der Waals surface area contributed by atoms with Crippen molar-refractivity contribution in [2.24, 2.45) is 0 Å². The van der Waals surface area contributed by atoms with Crippen LogP contribution in [-0.2, 0) is 102 Å². The summed E-state index contributed by atoms with van der Waals surface area (Å²) in [4.78, 5) is 36.6. The Bertz CT molecular complexity index is 2180. The molecule has 0 aromatic rings. The number of carboxylic acids is 2. The van der Waals surface area contributed by atoms with Crippen LogP contribution in [0.5, 0.6) is 0 Å². The molecule has 384 valence electrons. The molecule has 4 aliphatic rings. The van der Waals surface area contributed by atoms with Gasteiger partial charge in [0.2, 0.25) is 5.91 Å². The van der Waals surface area contributed by atoms with Gasteiger partial charge in [0, 0.05) is 6.92 Å². The summed E-state index contributed by atoms with van der Waals surface area (Å²) >= 11 is 0. The highest BCUT2D eigenvalue weighted by Gasteiger charge is 2.58. The van der Waals surface area contributed by atoms with E-state index in [-0.39, 0.29) is 0 Å². The average Bonchev–Trinajstić information content (AvgIpc) is 3.15. The number of ether oxygens (including phenoxy) is 7. The number of hydrogen-bond acceptors (Lipinski definition) is 28. The summed E-state index contributed by atoms with van der Waals surface area (Å²) in [5.74, 6) is -5.19. The molecule has 15 N–H and O–H groups in total. The molecular formula is C26H42N2O34S4. The molecule has 36 nitrogen and oxygen atoms in total. The summed E-state index contributed by atoms with van der Waals surface area (Å²) < 4.78 is 181. The van der Waals surface area contributed by atoms with Crippen LogP contribution in [0.3, 0.4) is 0 Å². The standard InChI is InChI=1S/C26H42N2O34S4/c1-4(29)27-7-9(30)15(57-25-13(34)10(31)11(32)19(60-25)21(36)37)5(2-53-64(44,45)46)56-24(7)59-18-12(33)14(35)26(61-20(18)22(38)39)58-16-6(3-54-65(47,48)49)55-23(40)8(28-63(41,42)43)17(16)62-66(50,51)52/h5-20,23-26,28,30-35,40H,2-3H2,1H3,(H,27,29)(H,36,37)(H,38,39)(H,41,42,43)(H,44,45,46)(H,47,48,49)(H,50,51,52)/t5-,6-,7-,8-,9-,10+,11+,12-,13+,14-,15-,16-,17-,18+,19-,20+,23?,24-,25-,26-/m1/s1. The number of aliphatic hydroxyl groups excluding tert-OH is 7. The highest BCUT2D eigenvalue weighted by Crippen LogP contribution is 2.36. The molecule has 1 unspecified atom stereocenters. The fourth-order valence-electron chi connectivity index (χ4n) is 6.73. The van der Waals surface area contributed by atoms with Crippen LogP contribution >= 0.6 is 0 Å². The van der Waals surface area contributed by atoms with Gasteiger partial charge < -0.3 is 84.4 Å². The highest BCUT2D eigenvalue weighted by atomic mass is 32.3. The number of carboxylic acid groups (broad SMARTS) is 2. The number of aliphatic carboxylic acids is 2. The molecule has 0 radical (unpaired) electrons. The van der Waals surface area contributed by atoms with Crippen molar-refractivity contribution in [1.29, 1.82) is 0 Å². The van der Waals surface area contributed by atoms with Crippen LogP contribution < -0.4 is 10.0 Å². The number of amides is 1. The minimum Gasteiger partial charge on any atom is -0.479 e. The molecule has 4 aliphatic heterocycles. The predicted molar refractivity (Wildman–Crippen MR) is 190 cm³/mol. The Balaban J connectivity index is 1.71.